The van der Waals surface area contributed by atoms with Crippen LogP contribution in [-0.4, -0.2) is 54.1 Å². The van der Waals surface area contributed by atoms with Crippen LogP contribution in [0.15, 0.2) is 0 Å². The summed E-state index contributed by atoms with van der Waals surface area (Å²) in [5, 5.41) is 0. The van der Waals surface area contributed by atoms with Gasteiger partial charge in [-0.1, -0.05) is 6.42 Å². The first-order valence-electron chi connectivity index (χ1n) is 8.50. The molecular formula is C16H29N3. The summed E-state index contributed by atoms with van der Waals surface area (Å²) in [6, 6.07) is 0.845. The average Bonchev–Trinajstić information content (AvgIpc) is 3.12. The lowest BCUT2D eigenvalue weighted by atomic mass is 9.81. The van der Waals surface area contributed by atoms with E-state index in [0.29, 0.717) is 5.54 Å². The minimum absolute atomic E-state index is 0.357. The van der Waals surface area contributed by atoms with Crippen LogP contribution < -0.4 is 5.73 Å². The van der Waals surface area contributed by atoms with Crippen molar-refractivity contribution >= 4 is 0 Å². The normalized spacial score (nSPS) is 47.5. The maximum absolute atomic E-state index is 6.29. The molecule has 3 heterocycles. The summed E-state index contributed by atoms with van der Waals surface area (Å²) < 4.78 is 0. The van der Waals surface area contributed by atoms with Gasteiger partial charge in [0.1, 0.15) is 0 Å². The summed E-state index contributed by atoms with van der Waals surface area (Å²) in [5.74, 6) is 2.01. The summed E-state index contributed by atoms with van der Waals surface area (Å²) in [7, 11) is 0. The average molecular weight is 263 g/mol. The molecule has 19 heavy (non-hydrogen) atoms. The van der Waals surface area contributed by atoms with Crippen LogP contribution in [0.2, 0.25) is 0 Å². The maximum Gasteiger partial charge on any atom is 0.0358 e. The summed E-state index contributed by atoms with van der Waals surface area (Å²) in [4.78, 5) is 5.56. The van der Waals surface area contributed by atoms with E-state index >= 15 is 0 Å². The molecule has 0 aromatic carbocycles. The monoisotopic (exact) mass is 263 g/mol. The first-order valence-corrected chi connectivity index (χ1v) is 8.50. The van der Waals surface area contributed by atoms with E-state index < -0.39 is 0 Å². The van der Waals surface area contributed by atoms with E-state index in [-0.39, 0.29) is 0 Å². The molecule has 4 fully saturated rings. The number of piperidine rings is 1. The molecule has 4 atom stereocenters. The fourth-order valence-electron chi connectivity index (χ4n) is 5.54. The number of rotatable bonds is 2. The van der Waals surface area contributed by atoms with Crippen molar-refractivity contribution in [3.63, 3.8) is 0 Å². The first-order chi connectivity index (χ1) is 9.31. The van der Waals surface area contributed by atoms with Crippen molar-refractivity contribution in [1.82, 2.24) is 9.80 Å². The highest BCUT2D eigenvalue weighted by Crippen LogP contribution is 2.44. The number of fused-ring (bicyclic) bond motifs is 2. The molecule has 3 nitrogen and oxygen atoms in total. The quantitative estimate of drug-likeness (QED) is 0.822. The Balaban J connectivity index is 1.50. The fourth-order valence-corrected chi connectivity index (χ4v) is 5.54. The molecule has 0 aromatic rings. The molecular weight excluding hydrogens is 234 g/mol. The molecule has 4 rings (SSSR count). The van der Waals surface area contributed by atoms with E-state index in [1.165, 1.54) is 71.1 Å². The Morgan fingerprint density at radius 1 is 1.00 bits per heavy atom. The van der Waals surface area contributed by atoms with Gasteiger partial charge in [-0.3, -0.25) is 4.90 Å². The summed E-state index contributed by atoms with van der Waals surface area (Å²) in [6.45, 7) is 6.24. The zero-order valence-electron chi connectivity index (χ0n) is 12.2. The molecule has 108 valence electrons. The SMILES string of the molecule is NCC1(N2CC3CCCC3C2)CCN2CCCC2C1. The van der Waals surface area contributed by atoms with Crippen LogP contribution in [0.3, 0.4) is 0 Å². The van der Waals surface area contributed by atoms with Crippen molar-refractivity contribution in [1.29, 1.82) is 0 Å². The molecule has 1 aliphatic carbocycles. The van der Waals surface area contributed by atoms with Crippen LogP contribution in [0.4, 0.5) is 0 Å². The van der Waals surface area contributed by atoms with Crippen molar-refractivity contribution in [2.75, 3.05) is 32.7 Å². The predicted molar refractivity (Wildman–Crippen MR) is 78.0 cm³/mol. The third-order valence-corrected chi connectivity index (χ3v) is 6.76. The van der Waals surface area contributed by atoms with Gasteiger partial charge in [0.2, 0.25) is 0 Å². The lowest BCUT2D eigenvalue weighted by molar-refractivity contribution is 0.0203. The van der Waals surface area contributed by atoms with E-state index in [2.05, 4.69) is 9.80 Å². The number of likely N-dealkylation sites (tertiary alicyclic amines) is 1. The highest BCUT2D eigenvalue weighted by Gasteiger charge is 2.48. The van der Waals surface area contributed by atoms with Gasteiger partial charge in [-0.15, -0.1) is 0 Å². The number of nitrogens with two attached hydrogens (primary N) is 1. The van der Waals surface area contributed by atoms with Gasteiger partial charge in [0.15, 0.2) is 0 Å². The highest BCUT2D eigenvalue weighted by molar-refractivity contribution is 5.05. The second-order valence-corrected chi connectivity index (χ2v) is 7.57. The van der Waals surface area contributed by atoms with E-state index in [4.69, 9.17) is 5.73 Å². The number of hydrogen-bond donors (Lipinski definition) is 1. The molecule has 0 amide bonds. The molecule has 1 saturated carbocycles. The molecule has 0 spiro atoms. The minimum atomic E-state index is 0.357. The van der Waals surface area contributed by atoms with Crippen molar-refractivity contribution < 1.29 is 0 Å². The van der Waals surface area contributed by atoms with Gasteiger partial charge in [-0.05, 0) is 56.9 Å². The van der Waals surface area contributed by atoms with Gasteiger partial charge < -0.3 is 10.6 Å². The Bertz CT molecular complexity index is 333. The Morgan fingerprint density at radius 2 is 1.79 bits per heavy atom. The smallest absolute Gasteiger partial charge is 0.0358 e. The standard InChI is InChI=1S/C16H29N3/c17-12-16(6-8-18-7-2-5-15(18)9-16)19-10-13-3-1-4-14(13)11-19/h13-15H,1-12,17H2. The lowest BCUT2D eigenvalue weighted by Crippen LogP contribution is -2.60. The second-order valence-electron chi connectivity index (χ2n) is 7.57. The van der Waals surface area contributed by atoms with Gasteiger partial charge >= 0.3 is 0 Å². The van der Waals surface area contributed by atoms with E-state index in [1.807, 2.05) is 0 Å². The molecule has 3 aliphatic heterocycles. The van der Waals surface area contributed by atoms with E-state index in [0.717, 1.165) is 24.4 Å². The number of nitrogens with zero attached hydrogens (tertiary/aromatic N) is 2. The molecule has 3 saturated heterocycles. The molecule has 3 heteroatoms. The minimum Gasteiger partial charge on any atom is -0.329 e. The van der Waals surface area contributed by atoms with Crippen LogP contribution in [-0.2, 0) is 0 Å². The second kappa shape index (κ2) is 4.71. The Hall–Kier alpha value is -0.120. The van der Waals surface area contributed by atoms with Crippen molar-refractivity contribution in [3.8, 4) is 0 Å². The fraction of sp³-hybridized carbons (Fsp3) is 1.00. The van der Waals surface area contributed by atoms with Crippen molar-refractivity contribution in [2.24, 2.45) is 17.6 Å². The molecule has 0 bridgehead atoms. The number of hydrogen-bond acceptors (Lipinski definition) is 3. The molecule has 4 unspecified atom stereocenters. The largest absolute Gasteiger partial charge is 0.329 e. The molecule has 0 aromatic heterocycles. The molecule has 2 N–H and O–H groups in total. The van der Waals surface area contributed by atoms with Crippen LogP contribution in [0.25, 0.3) is 0 Å². The van der Waals surface area contributed by atoms with Gasteiger partial charge in [0.25, 0.3) is 0 Å². The third-order valence-electron chi connectivity index (χ3n) is 6.76. The lowest BCUT2D eigenvalue weighted by Gasteiger charge is -2.49. The summed E-state index contributed by atoms with van der Waals surface area (Å²) in [6.07, 6.45) is 9.95. The Labute approximate surface area is 117 Å². The Kier molecular flexibility index (Phi) is 3.13. The topological polar surface area (TPSA) is 32.5 Å². The highest BCUT2D eigenvalue weighted by atomic mass is 15.3. The van der Waals surface area contributed by atoms with Gasteiger partial charge in [0, 0.05) is 37.8 Å². The summed E-state index contributed by atoms with van der Waals surface area (Å²) in [5.41, 5.74) is 6.65. The first kappa shape index (κ1) is 12.6. The zero-order chi connectivity index (χ0) is 12.9. The van der Waals surface area contributed by atoms with Crippen molar-refractivity contribution in [3.05, 3.63) is 0 Å². The third kappa shape index (κ3) is 1.97. The van der Waals surface area contributed by atoms with Crippen LogP contribution >= 0.6 is 0 Å². The van der Waals surface area contributed by atoms with Crippen molar-refractivity contribution in [2.45, 2.75) is 56.5 Å². The Morgan fingerprint density at radius 3 is 2.53 bits per heavy atom. The zero-order valence-corrected chi connectivity index (χ0v) is 12.2. The van der Waals surface area contributed by atoms with Crippen LogP contribution in [0.5, 0.6) is 0 Å². The van der Waals surface area contributed by atoms with E-state index in [9.17, 15) is 0 Å². The van der Waals surface area contributed by atoms with Gasteiger partial charge in [-0.2, -0.15) is 0 Å². The van der Waals surface area contributed by atoms with Gasteiger partial charge in [-0.25, -0.2) is 0 Å². The van der Waals surface area contributed by atoms with E-state index in [1.54, 1.807) is 0 Å². The maximum atomic E-state index is 6.29. The van der Waals surface area contributed by atoms with Gasteiger partial charge in [0.05, 0.1) is 0 Å². The van der Waals surface area contributed by atoms with Crippen LogP contribution in [0, 0.1) is 11.8 Å². The molecule has 4 aliphatic rings. The summed E-state index contributed by atoms with van der Waals surface area (Å²) >= 11 is 0. The predicted octanol–water partition coefficient (Wildman–Crippen LogP) is 1.67. The molecule has 0 radical (unpaired) electrons. The van der Waals surface area contributed by atoms with Crippen LogP contribution in [0.1, 0.15) is 44.9 Å².